The molecule has 0 unspecified atom stereocenters. The van der Waals surface area contributed by atoms with E-state index in [1.54, 1.807) is 36.3 Å². The van der Waals surface area contributed by atoms with E-state index >= 15 is 0 Å². The lowest BCUT2D eigenvalue weighted by atomic mass is 10.1. The Morgan fingerprint density at radius 1 is 1.12 bits per heavy atom. The van der Waals surface area contributed by atoms with E-state index in [0.29, 0.717) is 40.6 Å². The Morgan fingerprint density at radius 3 is 2.66 bits per heavy atom. The number of carbonyl (C=O) groups excluding carboxylic acids is 1. The molecule has 0 radical (unpaired) electrons. The summed E-state index contributed by atoms with van der Waals surface area (Å²) in [5.74, 6) is 1.44. The first kappa shape index (κ1) is 22.0. The maximum absolute atomic E-state index is 12.5. The summed E-state index contributed by atoms with van der Waals surface area (Å²) in [7, 11) is 1.55. The van der Waals surface area contributed by atoms with Crippen LogP contribution in [0, 0.1) is 5.41 Å². The number of thioether (sulfide) groups is 1. The van der Waals surface area contributed by atoms with Gasteiger partial charge in [-0.1, -0.05) is 36.0 Å². The molecular weight excluding hydrogens is 448 g/mol. The Hall–Kier alpha value is -3.24. The van der Waals surface area contributed by atoms with Crippen molar-refractivity contribution in [1.82, 2.24) is 4.90 Å². The monoisotopic (exact) mass is 468 g/mol. The van der Waals surface area contributed by atoms with Gasteiger partial charge in [-0.05, 0) is 42.2 Å². The minimum Gasteiger partial charge on any atom is -0.493 e. The Balaban J connectivity index is 1.46. The van der Waals surface area contributed by atoms with E-state index in [1.165, 1.54) is 11.8 Å². The molecule has 0 saturated heterocycles. The molecule has 0 atom stereocenters. The lowest BCUT2D eigenvalue weighted by Gasteiger charge is -2.23. The fraction of sp³-hybridized carbons (Fsp3) is 0.182. The van der Waals surface area contributed by atoms with Crippen LogP contribution in [0.25, 0.3) is 6.08 Å². The topological polar surface area (TPSA) is 96.6 Å². The predicted molar refractivity (Wildman–Crippen MR) is 129 cm³/mol. The number of methoxy groups -OCH3 is 1. The number of benzene rings is 2. The van der Waals surface area contributed by atoms with Gasteiger partial charge < -0.3 is 14.2 Å². The summed E-state index contributed by atoms with van der Waals surface area (Å²) in [5.41, 5.74) is 0.876. The van der Waals surface area contributed by atoms with Crippen molar-refractivity contribution >= 4 is 51.9 Å². The highest BCUT2D eigenvalue weighted by Crippen LogP contribution is 2.33. The Morgan fingerprint density at radius 2 is 1.91 bits per heavy atom. The Kier molecular flexibility index (Phi) is 6.81. The number of nitrogens with one attached hydrogen (secondary N) is 1. The molecule has 0 saturated carbocycles. The number of aliphatic imine (C=N–C) groups is 1. The zero-order valence-electron chi connectivity index (χ0n) is 17.4. The molecule has 0 bridgehead atoms. The summed E-state index contributed by atoms with van der Waals surface area (Å²) in [6, 6.07) is 14.8. The maximum atomic E-state index is 12.5. The zero-order valence-corrected chi connectivity index (χ0v) is 19.0. The van der Waals surface area contributed by atoms with Gasteiger partial charge >= 0.3 is 0 Å². The highest BCUT2D eigenvalue weighted by molar-refractivity contribution is 8.18. The molecule has 10 heteroatoms. The van der Waals surface area contributed by atoms with E-state index in [9.17, 15) is 4.79 Å². The van der Waals surface area contributed by atoms with Crippen molar-refractivity contribution < 1.29 is 19.0 Å². The first-order chi connectivity index (χ1) is 15.6. The lowest BCUT2D eigenvalue weighted by Crippen LogP contribution is -2.41. The van der Waals surface area contributed by atoms with Gasteiger partial charge in [0.15, 0.2) is 16.7 Å². The molecule has 2 aliphatic heterocycles. The van der Waals surface area contributed by atoms with Gasteiger partial charge in [-0.2, -0.15) is 9.39 Å². The third-order valence-electron chi connectivity index (χ3n) is 4.53. The molecular formula is C22H20N4O4S2. The fourth-order valence-electron chi connectivity index (χ4n) is 3.02. The molecule has 32 heavy (non-hydrogen) atoms. The lowest BCUT2D eigenvalue weighted by molar-refractivity contribution is -0.114. The van der Waals surface area contributed by atoms with E-state index in [4.69, 9.17) is 19.6 Å². The van der Waals surface area contributed by atoms with Crippen molar-refractivity contribution in [3.05, 3.63) is 59.7 Å². The SMILES string of the molecule is COc1cc(/C=C2/C(=N)N3C(SC)=NSC3=NC2=O)ccc1OCCOc1ccccc1. The van der Waals surface area contributed by atoms with E-state index in [1.807, 2.05) is 36.6 Å². The molecule has 0 aromatic heterocycles. The number of nitrogens with zero attached hydrogens (tertiary/aromatic N) is 3. The normalized spacial score (nSPS) is 16.6. The van der Waals surface area contributed by atoms with Crippen LogP contribution in [0.1, 0.15) is 5.56 Å². The highest BCUT2D eigenvalue weighted by atomic mass is 32.2. The van der Waals surface area contributed by atoms with Crippen molar-refractivity contribution in [3.63, 3.8) is 0 Å². The van der Waals surface area contributed by atoms with Crippen LogP contribution in [-0.4, -0.2) is 53.6 Å². The van der Waals surface area contributed by atoms with Crippen molar-refractivity contribution in [3.8, 4) is 17.2 Å². The summed E-state index contributed by atoms with van der Waals surface area (Å²) in [6.07, 6.45) is 3.49. The molecule has 0 spiro atoms. The number of amides is 1. The quantitative estimate of drug-likeness (QED) is 0.371. The van der Waals surface area contributed by atoms with E-state index < -0.39 is 5.91 Å². The second-order valence-electron chi connectivity index (χ2n) is 6.53. The molecule has 2 aliphatic rings. The number of hydrogen-bond acceptors (Lipinski definition) is 8. The summed E-state index contributed by atoms with van der Waals surface area (Å²) in [6.45, 7) is 0.730. The summed E-state index contributed by atoms with van der Waals surface area (Å²) >= 11 is 2.49. The number of para-hydroxylation sites is 1. The van der Waals surface area contributed by atoms with Crippen LogP contribution in [0.4, 0.5) is 0 Å². The molecule has 2 aromatic carbocycles. The molecule has 1 amide bonds. The van der Waals surface area contributed by atoms with Crippen molar-refractivity contribution in [2.24, 2.45) is 9.39 Å². The number of fused-ring (bicyclic) bond motifs is 1. The summed E-state index contributed by atoms with van der Waals surface area (Å²) in [5, 5.41) is 9.51. The molecule has 2 heterocycles. The molecule has 164 valence electrons. The number of ether oxygens (including phenoxy) is 3. The summed E-state index contributed by atoms with van der Waals surface area (Å²) in [4.78, 5) is 18.1. The van der Waals surface area contributed by atoms with Gasteiger partial charge in [0.25, 0.3) is 5.91 Å². The first-order valence-corrected chi connectivity index (χ1v) is 11.6. The van der Waals surface area contributed by atoms with Gasteiger partial charge in [0.05, 0.1) is 24.6 Å². The van der Waals surface area contributed by atoms with E-state index in [2.05, 4.69) is 9.39 Å². The van der Waals surface area contributed by atoms with E-state index in [-0.39, 0.29) is 11.4 Å². The van der Waals surface area contributed by atoms with Gasteiger partial charge in [-0.3, -0.25) is 10.2 Å². The van der Waals surface area contributed by atoms with Gasteiger partial charge in [-0.25, -0.2) is 4.90 Å². The van der Waals surface area contributed by atoms with Crippen LogP contribution in [0.15, 0.2) is 63.5 Å². The van der Waals surface area contributed by atoms with Gasteiger partial charge in [-0.15, -0.1) is 0 Å². The number of hydrogen-bond donors (Lipinski definition) is 1. The minimum atomic E-state index is -0.469. The van der Waals surface area contributed by atoms with Crippen LogP contribution < -0.4 is 14.2 Å². The summed E-state index contributed by atoms with van der Waals surface area (Å²) < 4.78 is 21.1. The van der Waals surface area contributed by atoms with Crippen molar-refractivity contribution in [1.29, 1.82) is 5.41 Å². The van der Waals surface area contributed by atoms with Crippen LogP contribution in [0.5, 0.6) is 17.2 Å². The molecule has 1 N–H and O–H groups in total. The van der Waals surface area contributed by atoms with Gasteiger partial charge in [0.1, 0.15) is 24.8 Å². The minimum absolute atomic E-state index is 0.0513. The van der Waals surface area contributed by atoms with Crippen molar-refractivity contribution in [2.45, 2.75) is 0 Å². The number of carbonyl (C=O) groups is 1. The van der Waals surface area contributed by atoms with Gasteiger partial charge in [0.2, 0.25) is 5.17 Å². The van der Waals surface area contributed by atoms with Gasteiger partial charge in [0, 0.05) is 0 Å². The van der Waals surface area contributed by atoms with E-state index in [0.717, 1.165) is 17.7 Å². The second-order valence-corrected chi connectivity index (χ2v) is 8.03. The largest absolute Gasteiger partial charge is 0.493 e. The highest BCUT2D eigenvalue weighted by Gasteiger charge is 2.36. The number of amidine groups is 3. The zero-order chi connectivity index (χ0) is 22.5. The maximum Gasteiger partial charge on any atom is 0.283 e. The Labute approximate surface area is 194 Å². The van der Waals surface area contributed by atoms with Crippen LogP contribution >= 0.6 is 23.7 Å². The molecule has 8 nitrogen and oxygen atoms in total. The second kappa shape index (κ2) is 9.92. The standard InChI is InChI=1S/C22H20N4O4S2/c1-28-18-13-14(8-9-17(18)30-11-10-29-15-6-4-3-5-7-15)12-16-19(23)26-21(24-20(16)27)32-25-22(26)31-2/h3-9,12-13,23H,10-11H2,1-2H3/b16-12-,23-19?. The first-order valence-electron chi connectivity index (χ1n) is 9.62. The molecule has 4 rings (SSSR count). The van der Waals surface area contributed by atoms with Crippen LogP contribution in [0.2, 0.25) is 0 Å². The molecule has 0 aliphatic carbocycles. The molecule has 2 aromatic rings. The fourth-order valence-corrected chi connectivity index (χ4v) is 4.47. The molecule has 0 fully saturated rings. The smallest absolute Gasteiger partial charge is 0.283 e. The predicted octanol–water partition coefficient (Wildman–Crippen LogP) is 4.09. The number of rotatable bonds is 7. The van der Waals surface area contributed by atoms with Crippen molar-refractivity contribution in [2.75, 3.05) is 26.6 Å². The van der Waals surface area contributed by atoms with Crippen LogP contribution in [-0.2, 0) is 4.79 Å². The third kappa shape index (κ3) is 4.66. The Bertz CT molecular complexity index is 1130. The average Bonchev–Trinajstić information content (AvgIpc) is 3.23. The third-order valence-corrected chi connectivity index (χ3v) is 5.98. The van der Waals surface area contributed by atoms with Crippen LogP contribution in [0.3, 0.4) is 0 Å². The average molecular weight is 469 g/mol.